The van der Waals surface area contributed by atoms with Crippen LogP contribution in [-0.2, 0) is 11.3 Å². The van der Waals surface area contributed by atoms with Gasteiger partial charge in [-0.05, 0) is 48.4 Å². The molecule has 150 valence electrons. The van der Waals surface area contributed by atoms with E-state index in [-0.39, 0.29) is 23.7 Å². The number of amides is 2. The maximum atomic E-state index is 13.2. The second-order valence-corrected chi connectivity index (χ2v) is 8.22. The molecule has 0 unspecified atom stereocenters. The number of nitrogens with zero attached hydrogens (tertiary/aromatic N) is 1. The maximum absolute atomic E-state index is 13.2. The van der Waals surface area contributed by atoms with Gasteiger partial charge in [-0.25, -0.2) is 4.39 Å². The van der Waals surface area contributed by atoms with Gasteiger partial charge in [-0.15, -0.1) is 11.3 Å². The number of nitrogens with one attached hydrogen (secondary N) is 1. The molecule has 1 N–H and O–H groups in total. The minimum absolute atomic E-state index is 0.0853. The zero-order valence-corrected chi connectivity index (χ0v) is 16.8. The van der Waals surface area contributed by atoms with Crippen molar-refractivity contribution in [1.82, 2.24) is 10.2 Å². The van der Waals surface area contributed by atoms with E-state index in [1.165, 1.54) is 29.9 Å². The Morgan fingerprint density at radius 1 is 1.11 bits per heavy atom. The van der Waals surface area contributed by atoms with Crippen LogP contribution in [0, 0.1) is 5.82 Å². The van der Waals surface area contributed by atoms with E-state index in [9.17, 15) is 14.0 Å². The molecule has 0 atom stereocenters. The molecule has 1 heterocycles. The highest BCUT2D eigenvalue weighted by molar-refractivity contribution is 7.12. The van der Waals surface area contributed by atoms with Gasteiger partial charge < -0.3 is 10.2 Å². The van der Waals surface area contributed by atoms with Gasteiger partial charge in [0.1, 0.15) is 5.82 Å². The summed E-state index contributed by atoms with van der Waals surface area (Å²) in [6.07, 6.45) is 6.60. The molecule has 0 aliphatic heterocycles. The van der Waals surface area contributed by atoms with Crippen LogP contribution in [0.5, 0.6) is 0 Å². The van der Waals surface area contributed by atoms with E-state index in [0.717, 1.165) is 31.2 Å². The SMILES string of the molecule is O=C(NCCCC(=O)N(Cc1ccc(F)cc1)C1CCCCC1)c1cccs1. The normalized spacial score (nSPS) is 14.6. The Kier molecular flexibility index (Phi) is 7.60. The summed E-state index contributed by atoms with van der Waals surface area (Å²) >= 11 is 1.41. The zero-order chi connectivity index (χ0) is 19.8. The molecule has 0 radical (unpaired) electrons. The van der Waals surface area contributed by atoms with Crippen molar-refractivity contribution in [2.45, 2.75) is 57.5 Å². The number of benzene rings is 1. The van der Waals surface area contributed by atoms with Crippen molar-refractivity contribution in [2.24, 2.45) is 0 Å². The van der Waals surface area contributed by atoms with E-state index in [2.05, 4.69) is 5.32 Å². The second kappa shape index (κ2) is 10.4. The van der Waals surface area contributed by atoms with Crippen LogP contribution in [0.1, 0.15) is 60.2 Å². The molecule has 1 saturated carbocycles. The average molecular weight is 403 g/mol. The Labute approximate surface area is 169 Å². The van der Waals surface area contributed by atoms with Crippen molar-refractivity contribution in [3.63, 3.8) is 0 Å². The first-order valence-corrected chi connectivity index (χ1v) is 10.9. The molecule has 2 aromatic rings. The molecule has 6 heteroatoms. The molecule has 1 aromatic carbocycles. The molecule has 1 aliphatic carbocycles. The number of hydrogen-bond donors (Lipinski definition) is 1. The zero-order valence-electron chi connectivity index (χ0n) is 16.0. The lowest BCUT2D eigenvalue weighted by Crippen LogP contribution is -2.41. The Bertz CT molecular complexity index is 755. The number of thiophene rings is 1. The minimum atomic E-state index is -0.263. The Morgan fingerprint density at radius 3 is 2.54 bits per heavy atom. The standard InChI is InChI=1S/C22H27FN2O2S/c23-18-12-10-17(11-13-18)16-25(19-6-2-1-3-7-19)21(26)9-4-14-24-22(27)20-8-5-15-28-20/h5,8,10-13,15,19H,1-4,6-7,9,14,16H2,(H,24,27). The summed E-state index contributed by atoms with van der Waals surface area (Å²) < 4.78 is 13.2. The van der Waals surface area contributed by atoms with Gasteiger partial charge in [-0.1, -0.05) is 37.5 Å². The number of halogens is 1. The van der Waals surface area contributed by atoms with Crippen LogP contribution >= 0.6 is 11.3 Å². The predicted molar refractivity (Wildman–Crippen MR) is 110 cm³/mol. The summed E-state index contributed by atoms with van der Waals surface area (Å²) in [5.41, 5.74) is 0.950. The van der Waals surface area contributed by atoms with Crippen molar-refractivity contribution in [3.05, 3.63) is 58.0 Å². The van der Waals surface area contributed by atoms with Crippen molar-refractivity contribution in [3.8, 4) is 0 Å². The summed E-state index contributed by atoms with van der Waals surface area (Å²) in [6.45, 7) is 1.00. The summed E-state index contributed by atoms with van der Waals surface area (Å²) in [4.78, 5) is 27.6. The Hall–Kier alpha value is -2.21. The quantitative estimate of drug-likeness (QED) is 0.647. The molecule has 28 heavy (non-hydrogen) atoms. The van der Waals surface area contributed by atoms with Crippen molar-refractivity contribution >= 4 is 23.2 Å². The molecule has 3 rings (SSSR count). The van der Waals surface area contributed by atoms with Gasteiger partial charge in [0.05, 0.1) is 4.88 Å². The molecule has 2 amide bonds. The van der Waals surface area contributed by atoms with Crippen LogP contribution in [0.3, 0.4) is 0 Å². The average Bonchev–Trinajstić information content (AvgIpc) is 3.26. The van der Waals surface area contributed by atoms with Crippen LogP contribution in [-0.4, -0.2) is 29.3 Å². The largest absolute Gasteiger partial charge is 0.351 e. The molecule has 0 bridgehead atoms. The van der Waals surface area contributed by atoms with Crippen LogP contribution in [0.15, 0.2) is 41.8 Å². The van der Waals surface area contributed by atoms with Crippen LogP contribution in [0.4, 0.5) is 4.39 Å². The summed E-state index contributed by atoms with van der Waals surface area (Å²) in [6, 6.07) is 10.3. The Morgan fingerprint density at radius 2 is 1.86 bits per heavy atom. The van der Waals surface area contributed by atoms with Gasteiger partial charge in [-0.2, -0.15) is 0 Å². The highest BCUT2D eigenvalue weighted by Crippen LogP contribution is 2.25. The van der Waals surface area contributed by atoms with Gasteiger partial charge in [-0.3, -0.25) is 9.59 Å². The van der Waals surface area contributed by atoms with Gasteiger partial charge in [0.15, 0.2) is 0 Å². The molecule has 1 fully saturated rings. The Balaban J connectivity index is 1.53. The number of carbonyl (C=O) groups excluding carboxylic acids is 2. The van der Waals surface area contributed by atoms with Crippen LogP contribution < -0.4 is 5.32 Å². The fourth-order valence-corrected chi connectivity index (χ4v) is 4.32. The first-order valence-electron chi connectivity index (χ1n) is 9.99. The smallest absolute Gasteiger partial charge is 0.261 e. The fourth-order valence-electron chi connectivity index (χ4n) is 3.68. The molecule has 0 spiro atoms. The fraction of sp³-hybridized carbons (Fsp3) is 0.455. The maximum Gasteiger partial charge on any atom is 0.261 e. The van der Waals surface area contributed by atoms with Crippen molar-refractivity contribution in [2.75, 3.05) is 6.54 Å². The molecular formula is C22H27FN2O2S. The third-order valence-corrected chi connectivity index (χ3v) is 6.07. The van der Waals surface area contributed by atoms with Gasteiger partial charge in [0.25, 0.3) is 5.91 Å². The third-order valence-electron chi connectivity index (χ3n) is 5.20. The summed E-state index contributed by atoms with van der Waals surface area (Å²) in [5, 5.41) is 4.74. The first kappa shape index (κ1) is 20.5. The second-order valence-electron chi connectivity index (χ2n) is 7.28. The summed E-state index contributed by atoms with van der Waals surface area (Å²) in [5.74, 6) is -0.236. The highest BCUT2D eigenvalue weighted by Gasteiger charge is 2.25. The lowest BCUT2D eigenvalue weighted by atomic mass is 9.93. The van der Waals surface area contributed by atoms with E-state index in [4.69, 9.17) is 0 Å². The minimum Gasteiger partial charge on any atom is -0.351 e. The van der Waals surface area contributed by atoms with Gasteiger partial charge >= 0.3 is 0 Å². The predicted octanol–water partition coefficient (Wildman–Crippen LogP) is 4.76. The monoisotopic (exact) mass is 402 g/mol. The third kappa shape index (κ3) is 5.89. The van der Waals surface area contributed by atoms with E-state index in [1.807, 2.05) is 16.3 Å². The van der Waals surface area contributed by atoms with E-state index < -0.39 is 0 Å². The molecule has 4 nitrogen and oxygen atoms in total. The topological polar surface area (TPSA) is 49.4 Å². The summed E-state index contributed by atoms with van der Waals surface area (Å²) in [7, 11) is 0. The van der Waals surface area contributed by atoms with Gasteiger partial charge in [0, 0.05) is 25.6 Å². The lowest BCUT2D eigenvalue weighted by Gasteiger charge is -2.34. The van der Waals surface area contributed by atoms with E-state index >= 15 is 0 Å². The molecule has 0 saturated heterocycles. The number of hydrogen-bond acceptors (Lipinski definition) is 3. The lowest BCUT2D eigenvalue weighted by molar-refractivity contribution is -0.135. The van der Waals surface area contributed by atoms with Crippen molar-refractivity contribution < 1.29 is 14.0 Å². The van der Waals surface area contributed by atoms with Crippen LogP contribution in [0.2, 0.25) is 0 Å². The molecule has 1 aromatic heterocycles. The molecule has 1 aliphatic rings. The van der Waals surface area contributed by atoms with Crippen molar-refractivity contribution in [1.29, 1.82) is 0 Å². The number of carbonyl (C=O) groups is 2. The highest BCUT2D eigenvalue weighted by atomic mass is 32.1. The van der Waals surface area contributed by atoms with E-state index in [1.54, 1.807) is 18.2 Å². The molecular weight excluding hydrogens is 375 g/mol. The van der Waals surface area contributed by atoms with E-state index in [0.29, 0.717) is 30.8 Å². The van der Waals surface area contributed by atoms with Crippen LogP contribution in [0.25, 0.3) is 0 Å². The first-order chi connectivity index (χ1) is 13.6. The number of rotatable bonds is 8. The van der Waals surface area contributed by atoms with Gasteiger partial charge in [0.2, 0.25) is 5.91 Å².